The van der Waals surface area contributed by atoms with Crippen molar-refractivity contribution in [3.05, 3.63) is 59.5 Å². The minimum atomic E-state index is -0.142. The number of benzene rings is 1. The lowest BCUT2D eigenvalue weighted by Crippen LogP contribution is -3.27. The fourth-order valence-corrected chi connectivity index (χ4v) is 3.33. The Morgan fingerprint density at radius 2 is 1.88 bits per heavy atom. The molecule has 5 nitrogen and oxygen atoms in total. The van der Waals surface area contributed by atoms with E-state index in [2.05, 4.69) is 43.6 Å². The zero-order valence-corrected chi connectivity index (χ0v) is 14.5. The molecule has 5 heteroatoms. The third-order valence-electron chi connectivity index (χ3n) is 4.93. The molecule has 2 heterocycles. The van der Waals surface area contributed by atoms with Crippen molar-refractivity contribution in [2.24, 2.45) is 0 Å². The summed E-state index contributed by atoms with van der Waals surface area (Å²) in [6.45, 7) is 7.32. The van der Waals surface area contributed by atoms with E-state index in [4.69, 9.17) is 4.42 Å². The standard InChI is InChI=1S/C19H25N3O2/c1-15-5-7-16(8-6-15)17(22-11-9-21(2)10-12-22)14-20-19(23)18-4-3-13-24-18/h3-8,13,17H,9-12,14H2,1-2H3,(H,20,23)/p+2/t17-/m0/s1. The topological polar surface area (TPSA) is 51.1 Å². The maximum Gasteiger partial charge on any atom is 0.287 e. The molecule has 24 heavy (non-hydrogen) atoms. The predicted molar refractivity (Wildman–Crippen MR) is 92.3 cm³/mol. The first-order valence-electron chi connectivity index (χ1n) is 8.67. The number of likely N-dealkylation sites (N-methyl/N-ethyl adjacent to an activating group) is 1. The maximum atomic E-state index is 12.2. The van der Waals surface area contributed by atoms with E-state index >= 15 is 0 Å². The van der Waals surface area contributed by atoms with Gasteiger partial charge in [-0.15, -0.1) is 0 Å². The molecule has 2 aromatic rings. The Morgan fingerprint density at radius 3 is 2.50 bits per heavy atom. The quantitative estimate of drug-likeness (QED) is 0.691. The number of hydrogen-bond acceptors (Lipinski definition) is 2. The van der Waals surface area contributed by atoms with Gasteiger partial charge in [-0.2, -0.15) is 0 Å². The van der Waals surface area contributed by atoms with Crippen LogP contribution >= 0.6 is 0 Å². The van der Waals surface area contributed by atoms with E-state index < -0.39 is 0 Å². The molecule has 128 valence electrons. The fourth-order valence-electron chi connectivity index (χ4n) is 3.33. The van der Waals surface area contributed by atoms with E-state index in [0.717, 1.165) is 13.1 Å². The summed E-state index contributed by atoms with van der Waals surface area (Å²) in [4.78, 5) is 15.3. The molecule has 1 amide bonds. The highest BCUT2D eigenvalue weighted by molar-refractivity contribution is 5.91. The summed E-state index contributed by atoms with van der Waals surface area (Å²) in [7, 11) is 2.25. The van der Waals surface area contributed by atoms with E-state index in [0.29, 0.717) is 12.3 Å². The van der Waals surface area contributed by atoms with Crippen molar-refractivity contribution < 1.29 is 19.0 Å². The summed E-state index contributed by atoms with van der Waals surface area (Å²) in [6, 6.07) is 12.4. The summed E-state index contributed by atoms with van der Waals surface area (Å²) in [5, 5.41) is 3.05. The molecular weight excluding hydrogens is 302 g/mol. The highest BCUT2D eigenvalue weighted by atomic mass is 16.3. The van der Waals surface area contributed by atoms with Gasteiger partial charge in [0.15, 0.2) is 5.76 Å². The first kappa shape index (κ1) is 16.7. The Morgan fingerprint density at radius 1 is 1.17 bits per heavy atom. The van der Waals surface area contributed by atoms with Crippen molar-refractivity contribution >= 4 is 5.91 Å². The van der Waals surface area contributed by atoms with Crippen LogP contribution in [0.2, 0.25) is 0 Å². The number of aryl methyl sites for hydroxylation is 1. The summed E-state index contributed by atoms with van der Waals surface area (Å²) in [5.74, 6) is 0.228. The van der Waals surface area contributed by atoms with Crippen LogP contribution in [0.15, 0.2) is 47.1 Å². The average molecular weight is 329 g/mol. The summed E-state index contributed by atoms with van der Waals surface area (Å²) >= 11 is 0. The van der Waals surface area contributed by atoms with E-state index in [-0.39, 0.29) is 11.9 Å². The van der Waals surface area contributed by atoms with Gasteiger partial charge in [0.2, 0.25) is 0 Å². The molecule has 1 fully saturated rings. The van der Waals surface area contributed by atoms with Gasteiger partial charge >= 0.3 is 0 Å². The lowest BCUT2D eigenvalue weighted by atomic mass is 10.0. The molecule has 0 spiro atoms. The first-order chi connectivity index (χ1) is 11.6. The molecule has 1 saturated heterocycles. The number of furan rings is 1. The largest absolute Gasteiger partial charge is 0.459 e. The highest BCUT2D eigenvalue weighted by Gasteiger charge is 2.29. The third-order valence-corrected chi connectivity index (χ3v) is 4.93. The van der Waals surface area contributed by atoms with Gasteiger partial charge in [-0.05, 0) is 19.1 Å². The van der Waals surface area contributed by atoms with Gasteiger partial charge in [0.05, 0.1) is 19.9 Å². The van der Waals surface area contributed by atoms with Crippen LogP contribution in [-0.2, 0) is 0 Å². The molecule has 1 aromatic heterocycles. The number of amides is 1. The molecule has 0 bridgehead atoms. The monoisotopic (exact) mass is 329 g/mol. The van der Waals surface area contributed by atoms with E-state index in [1.54, 1.807) is 21.9 Å². The first-order valence-corrected chi connectivity index (χ1v) is 8.67. The van der Waals surface area contributed by atoms with Crippen LogP contribution < -0.4 is 15.1 Å². The van der Waals surface area contributed by atoms with Crippen molar-refractivity contribution in [3.8, 4) is 0 Å². The van der Waals surface area contributed by atoms with Crippen molar-refractivity contribution in [3.63, 3.8) is 0 Å². The Labute approximate surface area is 143 Å². The molecular formula is C19H27N3O2+2. The summed E-state index contributed by atoms with van der Waals surface area (Å²) < 4.78 is 5.19. The lowest BCUT2D eigenvalue weighted by molar-refractivity contribution is -1.02. The molecule has 0 aliphatic carbocycles. The molecule has 1 aliphatic rings. The molecule has 0 saturated carbocycles. The van der Waals surface area contributed by atoms with Crippen LogP contribution in [0.3, 0.4) is 0 Å². The van der Waals surface area contributed by atoms with Crippen LogP contribution in [0, 0.1) is 6.92 Å². The SMILES string of the molecule is Cc1ccc([C@H](CNC(=O)c2ccco2)[NH+]2CC[NH+](C)CC2)cc1. The van der Waals surface area contributed by atoms with Crippen LogP contribution in [0.25, 0.3) is 0 Å². The summed E-state index contributed by atoms with van der Waals surface area (Å²) in [6.07, 6.45) is 1.53. The highest BCUT2D eigenvalue weighted by Crippen LogP contribution is 2.11. The molecule has 1 atom stereocenters. The van der Waals surface area contributed by atoms with Crippen molar-refractivity contribution in [2.45, 2.75) is 13.0 Å². The number of hydrogen-bond donors (Lipinski definition) is 3. The number of quaternary nitrogens is 2. The van der Waals surface area contributed by atoms with Gasteiger partial charge in [-0.3, -0.25) is 4.79 Å². The Hall–Kier alpha value is -2.11. The second-order valence-electron chi connectivity index (χ2n) is 6.77. The second-order valence-corrected chi connectivity index (χ2v) is 6.77. The van der Waals surface area contributed by atoms with Gasteiger partial charge in [-0.25, -0.2) is 0 Å². The molecule has 1 aliphatic heterocycles. The van der Waals surface area contributed by atoms with E-state index in [9.17, 15) is 4.79 Å². The Kier molecular flexibility index (Phi) is 5.33. The van der Waals surface area contributed by atoms with Gasteiger partial charge < -0.3 is 19.5 Å². The third kappa shape index (κ3) is 4.04. The molecule has 0 radical (unpaired) electrons. The Bertz CT molecular complexity index is 644. The number of carbonyl (C=O) groups excluding carboxylic acids is 1. The maximum absolute atomic E-state index is 12.2. The number of rotatable bonds is 5. The normalized spacial score (nSPS) is 22.1. The van der Waals surface area contributed by atoms with Crippen LogP contribution in [0.5, 0.6) is 0 Å². The van der Waals surface area contributed by atoms with Crippen molar-refractivity contribution in [1.82, 2.24) is 5.32 Å². The Balaban J connectivity index is 1.71. The zero-order chi connectivity index (χ0) is 16.9. The van der Waals surface area contributed by atoms with Gasteiger partial charge in [-0.1, -0.05) is 29.8 Å². The van der Waals surface area contributed by atoms with Gasteiger partial charge in [0, 0.05) is 5.56 Å². The van der Waals surface area contributed by atoms with Crippen LogP contribution in [-0.4, -0.2) is 45.7 Å². The molecule has 1 aromatic carbocycles. The smallest absolute Gasteiger partial charge is 0.287 e. The van der Waals surface area contributed by atoms with Crippen molar-refractivity contribution in [2.75, 3.05) is 39.8 Å². The zero-order valence-electron chi connectivity index (χ0n) is 14.5. The van der Waals surface area contributed by atoms with E-state index in [1.165, 1.54) is 30.5 Å². The van der Waals surface area contributed by atoms with Crippen molar-refractivity contribution in [1.29, 1.82) is 0 Å². The molecule has 3 rings (SSSR count). The second kappa shape index (κ2) is 7.64. The average Bonchev–Trinajstić information content (AvgIpc) is 3.12. The summed E-state index contributed by atoms with van der Waals surface area (Å²) in [5.41, 5.74) is 2.55. The minimum Gasteiger partial charge on any atom is -0.459 e. The number of piperazine rings is 1. The van der Waals surface area contributed by atoms with Gasteiger partial charge in [0.1, 0.15) is 32.2 Å². The fraction of sp³-hybridized carbons (Fsp3) is 0.421. The molecule has 3 N–H and O–H groups in total. The molecule has 0 unspecified atom stereocenters. The van der Waals surface area contributed by atoms with E-state index in [1.807, 2.05) is 0 Å². The predicted octanol–water partition coefficient (Wildman–Crippen LogP) is -0.528. The number of nitrogens with one attached hydrogen (secondary N) is 3. The van der Waals surface area contributed by atoms with Crippen LogP contribution in [0.1, 0.15) is 27.7 Å². The van der Waals surface area contributed by atoms with Crippen LogP contribution in [0.4, 0.5) is 0 Å². The lowest BCUT2D eigenvalue weighted by Gasteiger charge is -2.33. The number of carbonyl (C=O) groups is 1. The minimum absolute atomic E-state index is 0.142. The van der Waals surface area contributed by atoms with Gasteiger partial charge in [0.25, 0.3) is 5.91 Å².